The second-order valence-electron chi connectivity index (χ2n) is 10.5. The van der Waals surface area contributed by atoms with E-state index in [2.05, 4.69) is 0 Å². The molecule has 1 unspecified atom stereocenters. The van der Waals surface area contributed by atoms with Crippen LogP contribution < -0.4 is 21.1 Å². The van der Waals surface area contributed by atoms with Gasteiger partial charge in [0.1, 0.15) is 5.75 Å². The molecular weight excluding hydrogens is 598 g/mol. The molecule has 15 heteroatoms. The van der Waals surface area contributed by atoms with Crippen LogP contribution in [0.3, 0.4) is 0 Å². The molecule has 0 bridgehead atoms. The summed E-state index contributed by atoms with van der Waals surface area (Å²) in [5.41, 5.74) is -5.02. The number of alkyl halides is 6. The molecule has 44 heavy (non-hydrogen) atoms. The number of urea groups is 1. The summed E-state index contributed by atoms with van der Waals surface area (Å²) < 4.78 is 92.3. The van der Waals surface area contributed by atoms with E-state index in [0.29, 0.717) is 32.8 Å². The molecule has 0 aliphatic carbocycles. The van der Waals surface area contributed by atoms with Crippen molar-refractivity contribution in [3.05, 3.63) is 111 Å². The van der Waals surface area contributed by atoms with Crippen molar-refractivity contribution < 1.29 is 40.4 Å². The third-order valence-electron chi connectivity index (χ3n) is 7.35. The summed E-state index contributed by atoms with van der Waals surface area (Å²) in [6, 6.07) is 13.0. The number of carbonyl (C=O) groups is 1. The Kier molecular flexibility index (Phi) is 7.38. The molecule has 4 aromatic rings. The topological polar surface area (TPSA) is 89.9 Å². The number of nitrogens with zero attached hydrogens (tertiary/aromatic N) is 4. The number of aromatic nitrogens is 2. The summed E-state index contributed by atoms with van der Waals surface area (Å²) in [6.07, 6.45) is -11.1. The van der Waals surface area contributed by atoms with Crippen LogP contribution in [0.25, 0.3) is 5.69 Å². The standard InChI is InChI=1S/C29H24F6N4O5/c1-27(2)23(39-25(41)38(26(42)44-39)21-9-5-7-19(15-21)29(33,34)35)37(20-8-4-6-18(14-20)28(30,31)32)24(40)36(27)16-17-10-12-22(43-3)13-11-17/h4-15,23H,16H2,1-3H3. The van der Waals surface area contributed by atoms with Crippen LogP contribution in [0.1, 0.15) is 36.7 Å². The highest BCUT2D eigenvalue weighted by atomic mass is 19.4. The number of halogens is 6. The largest absolute Gasteiger partial charge is 0.497 e. The number of anilines is 1. The third-order valence-corrected chi connectivity index (χ3v) is 7.35. The molecule has 1 fully saturated rings. The van der Waals surface area contributed by atoms with Crippen molar-refractivity contribution in [3.8, 4) is 11.4 Å². The van der Waals surface area contributed by atoms with E-state index in [0.717, 1.165) is 35.2 Å². The van der Waals surface area contributed by atoms with E-state index < -0.39 is 58.3 Å². The van der Waals surface area contributed by atoms with Gasteiger partial charge in [0.05, 0.1) is 29.5 Å². The van der Waals surface area contributed by atoms with Crippen molar-refractivity contribution in [2.45, 2.75) is 44.4 Å². The number of rotatable bonds is 6. The van der Waals surface area contributed by atoms with Crippen LogP contribution in [0.5, 0.6) is 5.75 Å². The van der Waals surface area contributed by atoms with Crippen LogP contribution in [-0.2, 0) is 18.9 Å². The van der Waals surface area contributed by atoms with Gasteiger partial charge in [-0.05, 0) is 67.9 Å². The van der Waals surface area contributed by atoms with Gasteiger partial charge in [-0.3, -0.25) is 4.90 Å². The van der Waals surface area contributed by atoms with Gasteiger partial charge in [0.25, 0.3) is 0 Å². The minimum atomic E-state index is -4.79. The van der Waals surface area contributed by atoms with E-state index in [1.54, 1.807) is 24.3 Å². The SMILES string of the molecule is COc1ccc(CN2C(=O)N(c3cccc(C(F)(F)F)c3)C(n3oc(=O)n(-c4cccc(C(F)(F)F)c4)c3=O)C2(C)C)cc1. The number of amides is 2. The molecule has 5 rings (SSSR count). The zero-order valence-corrected chi connectivity index (χ0v) is 23.3. The lowest BCUT2D eigenvalue weighted by atomic mass is 9.99. The first-order chi connectivity index (χ1) is 20.5. The quantitative estimate of drug-likeness (QED) is 0.244. The lowest BCUT2D eigenvalue weighted by molar-refractivity contribution is -0.138. The Morgan fingerprint density at radius 1 is 0.818 bits per heavy atom. The first-order valence-electron chi connectivity index (χ1n) is 13.0. The van der Waals surface area contributed by atoms with Gasteiger partial charge < -0.3 is 14.2 Å². The summed E-state index contributed by atoms with van der Waals surface area (Å²) in [5, 5.41) is 0. The molecule has 0 spiro atoms. The fourth-order valence-electron chi connectivity index (χ4n) is 5.13. The molecule has 1 aromatic heterocycles. The van der Waals surface area contributed by atoms with Gasteiger partial charge in [-0.2, -0.15) is 30.9 Å². The summed E-state index contributed by atoms with van der Waals surface area (Å²) in [6.45, 7) is 2.95. The molecule has 0 saturated carbocycles. The Labute approximate surface area is 245 Å². The van der Waals surface area contributed by atoms with E-state index in [-0.39, 0.29) is 12.2 Å². The lowest BCUT2D eigenvalue weighted by Crippen LogP contribution is -2.46. The number of methoxy groups -OCH3 is 1. The smallest absolute Gasteiger partial charge is 0.447 e. The molecule has 3 aromatic carbocycles. The van der Waals surface area contributed by atoms with E-state index in [1.807, 2.05) is 0 Å². The summed E-state index contributed by atoms with van der Waals surface area (Å²) in [4.78, 5) is 42.8. The highest BCUT2D eigenvalue weighted by molar-refractivity contribution is 5.95. The zero-order valence-electron chi connectivity index (χ0n) is 23.3. The van der Waals surface area contributed by atoms with Gasteiger partial charge in [-0.1, -0.05) is 24.3 Å². The fourth-order valence-corrected chi connectivity index (χ4v) is 5.13. The molecule has 1 saturated heterocycles. The van der Waals surface area contributed by atoms with Crippen LogP contribution in [0.4, 0.5) is 36.8 Å². The van der Waals surface area contributed by atoms with Crippen molar-refractivity contribution in [3.63, 3.8) is 0 Å². The Morgan fingerprint density at radius 3 is 1.91 bits per heavy atom. The van der Waals surface area contributed by atoms with E-state index in [1.165, 1.54) is 31.9 Å². The maximum atomic E-state index is 14.0. The third kappa shape index (κ3) is 5.33. The first-order valence-corrected chi connectivity index (χ1v) is 13.0. The van der Waals surface area contributed by atoms with Crippen LogP contribution in [0.2, 0.25) is 0 Å². The predicted octanol–water partition coefficient (Wildman–Crippen LogP) is 6.06. The van der Waals surface area contributed by atoms with Gasteiger partial charge in [-0.15, -0.1) is 4.74 Å². The summed E-state index contributed by atoms with van der Waals surface area (Å²) >= 11 is 0. The number of carbonyl (C=O) groups excluding carboxylic acids is 1. The monoisotopic (exact) mass is 622 g/mol. The molecule has 1 atom stereocenters. The van der Waals surface area contributed by atoms with Gasteiger partial charge in [0.2, 0.25) is 0 Å². The number of hydrogen-bond acceptors (Lipinski definition) is 5. The maximum absolute atomic E-state index is 14.0. The van der Waals surface area contributed by atoms with Crippen molar-refractivity contribution in [2.24, 2.45) is 0 Å². The summed E-state index contributed by atoms with van der Waals surface area (Å²) in [7, 11) is 1.47. The van der Waals surface area contributed by atoms with Crippen LogP contribution >= 0.6 is 0 Å². The molecule has 2 amide bonds. The number of ether oxygens (including phenoxy) is 1. The van der Waals surface area contributed by atoms with Gasteiger partial charge in [-0.25, -0.2) is 14.4 Å². The summed E-state index contributed by atoms with van der Waals surface area (Å²) in [5.74, 6) is -0.830. The molecular formula is C29H24F6N4O5. The van der Waals surface area contributed by atoms with Crippen molar-refractivity contribution in [2.75, 3.05) is 12.0 Å². The molecule has 0 N–H and O–H groups in total. The van der Waals surface area contributed by atoms with Gasteiger partial charge >= 0.3 is 29.8 Å². The van der Waals surface area contributed by atoms with Crippen LogP contribution in [0.15, 0.2) is 86.9 Å². The lowest BCUT2D eigenvalue weighted by Gasteiger charge is -2.34. The Bertz CT molecular complexity index is 1820. The second-order valence-corrected chi connectivity index (χ2v) is 10.5. The minimum absolute atomic E-state index is 0.0743. The van der Waals surface area contributed by atoms with E-state index in [9.17, 15) is 40.7 Å². The number of benzene rings is 3. The van der Waals surface area contributed by atoms with Crippen LogP contribution in [-0.4, -0.2) is 32.9 Å². The van der Waals surface area contributed by atoms with E-state index >= 15 is 0 Å². The second kappa shape index (κ2) is 10.6. The molecule has 0 radical (unpaired) electrons. The molecule has 9 nitrogen and oxygen atoms in total. The van der Waals surface area contributed by atoms with Crippen molar-refractivity contribution in [1.82, 2.24) is 14.2 Å². The zero-order chi connectivity index (χ0) is 32.2. The normalized spacial score (nSPS) is 16.9. The van der Waals surface area contributed by atoms with Gasteiger partial charge in [0.15, 0.2) is 6.17 Å². The molecule has 232 valence electrons. The van der Waals surface area contributed by atoms with Crippen molar-refractivity contribution >= 4 is 11.7 Å². The van der Waals surface area contributed by atoms with Crippen LogP contribution in [0, 0.1) is 0 Å². The highest BCUT2D eigenvalue weighted by Gasteiger charge is 2.55. The Morgan fingerprint density at radius 2 is 1.36 bits per heavy atom. The Balaban J connectivity index is 1.68. The van der Waals surface area contributed by atoms with Crippen molar-refractivity contribution in [1.29, 1.82) is 0 Å². The molecule has 2 heterocycles. The first kappa shape index (κ1) is 30.5. The highest BCUT2D eigenvalue weighted by Crippen LogP contribution is 2.44. The molecule has 1 aliphatic rings. The predicted molar refractivity (Wildman–Crippen MR) is 145 cm³/mol. The van der Waals surface area contributed by atoms with E-state index in [4.69, 9.17) is 9.26 Å². The number of hydrogen-bond donors (Lipinski definition) is 0. The average molecular weight is 623 g/mol. The Hall–Kier alpha value is -4.95. The minimum Gasteiger partial charge on any atom is -0.497 e. The molecule has 1 aliphatic heterocycles. The maximum Gasteiger partial charge on any atom is 0.447 e. The van der Waals surface area contributed by atoms with Gasteiger partial charge in [0, 0.05) is 12.2 Å². The fraction of sp³-hybridized carbons (Fsp3) is 0.276. The average Bonchev–Trinajstić information content (AvgIpc) is 3.35.